The van der Waals surface area contributed by atoms with Crippen LogP contribution in [0.1, 0.15) is 27.6 Å². The van der Waals surface area contributed by atoms with Crippen molar-refractivity contribution in [3.63, 3.8) is 0 Å². The molecule has 0 bridgehead atoms. The summed E-state index contributed by atoms with van der Waals surface area (Å²) in [6.45, 7) is 4.12. The highest BCUT2D eigenvalue weighted by molar-refractivity contribution is 5.90. The lowest BCUT2D eigenvalue weighted by atomic mass is 10.2. The van der Waals surface area contributed by atoms with Gasteiger partial charge in [0.25, 0.3) is 11.7 Å². The van der Waals surface area contributed by atoms with Crippen molar-refractivity contribution >= 4 is 11.7 Å². The molecule has 0 atom stereocenters. The summed E-state index contributed by atoms with van der Waals surface area (Å²) >= 11 is 0. The van der Waals surface area contributed by atoms with Gasteiger partial charge in [-0.1, -0.05) is 24.3 Å². The molecule has 8 nitrogen and oxygen atoms in total. The average molecular weight is 403 g/mol. The number of hydrogen-bond donors (Lipinski definition) is 1. The molecule has 0 fully saturated rings. The number of aromatic nitrogens is 4. The first-order valence-corrected chi connectivity index (χ1v) is 9.42. The van der Waals surface area contributed by atoms with E-state index in [1.807, 2.05) is 68.4 Å². The third-order valence-corrected chi connectivity index (χ3v) is 4.49. The van der Waals surface area contributed by atoms with Gasteiger partial charge in [-0.15, -0.1) is 5.10 Å². The molecule has 2 aromatic heterocycles. The van der Waals surface area contributed by atoms with E-state index in [-0.39, 0.29) is 11.7 Å². The summed E-state index contributed by atoms with van der Waals surface area (Å²) in [4.78, 5) is 21.0. The second-order valence-electron chi connectivity index (χ2n) is 6.77. The highest BCUT2D eigenvalue weighted by Gasteiger charge is 2.14. The number of rotatable bonds is 6. The van der Waals surface area contributed by atoms with Crippen molar-refractivity contribution in [3.8, 4) is 17.2 Å². The van der Waals surface area contributed by atoms with Crippen molar-refractivity contribution in [3.05, 3.63) is 77.4 Å². The van der Waals surface area contributed by atoms with Crippen LogP contribution in [0.25, 0.3) is 5.78 Å². The van der Waals surface area contributed by atoms with E-state index >= 15 is 0 Å². The van der Waals surface area contributed by atoms with Gasteiger partial charge in [-0.2, -0.15) is 4.98 Å². The molecule has 0 aliphatic heterocycles. The summed E-state index contributed by atoms with van der Waals surface area (Å²) in [5.74, 6) is 2.12. The number of hydrogen-bond acceptors (Lipinski definition) is 6. The Balaban J connectivity index is 1.40. The van der Waals surface area contributed by atoms with Crippen LogP contribution in [-0.4, -0.2) is 32.6 Å². The van der Waals surface area contributed by atoms with Crippen LogP contribution < -0.4 is 14.8 Å². The van der Waals surface area contributed by atoms with Gasteiger partial charge in [0, 0.05) is 17.9 Å². The van der Waals surface area contributed by atoms with Gasteiger partial charge in [0.05, 0.1) is 7.11 Å². The van der Waals surface area contributed by atoms with Crippen LogP contribution in [-0.2, 0) is 6.54 Å². The lowest BCUT2D eigenvalue weighted by molar-refractivity contribution is 0.0940. The fraction of sp³-hybridized carbons (Fsp3) is 0.182. The number of carbonyl (C=O) groups excluding carboxylic acids is 1. The summed E-state index contributed by atoms with van der Waals surface area (Å²) in [5, 5.41) is 7.07. The maximum Gasteiger partial charge on any atom is 0.291 e. The number of aryl methyl sites for hydroxylation is 2. The number of fused-ring (bicyclic) bond motifs is 1. The first-order chi connectivity index (χ1) is 14.5. The molecule has 30 heavy (non-hydrogen) atoms. The first kappa shape index (κ1) is 19.4. The quantitative estimate of drug-likeness (QED) is 0.530. The molecule has 0 radical (unpaired) electrons. The largest absolute Gasteiger partial charge is 0.493 e. The van der Waals surface area contributed by atoms with Gasteiger partial charge in [-0.3, -0.25) is 4.79 Å². The monoisotopic (exact) mass is 403 g/mol. The molecular formula is C22H21N5O3. The Morgan fingerprint density at radius 3 is 2.50 bits per heavy atom. The van der Waals surface area contributed by atoms with Crippen LogP contribution in [0, 0.1) is 13.8 Å². The summed E-state index contributed by atoms with van der Waals surface area (Å²) in [7, 11) is 1.60. The minimum absolute atomic E-state index is 0.0901. The van der Waals surface area contributed by atoms with Crippen LogP contribution in [0.3, 0.4) is 0 Å². The summed E-state index contributed by atoms with van der Waals surface area (Å²) in [5.41, 5.74) is 2.62. The molecule has 4 rings (SSSR count). The van der Waals surface area contributed by atoms with Gasteiger partial charge < -0.3 is 14.8 Å². The van der Waals surface area contributed by atoms with Gasteiger partial charge in [-0.25, -0.2) is 9.50 Å². The number of para-hydroxylation sites is 2. The second kappa shape index (κ2) is 8.20. The lowest BCUT2D eigenvalue weighted by Crippen LogP contribution is -2.24. The molecule has 0 saturated carbocycles. The van der Waals surface area contributed by atoms with Crippen molar-refractivity contribution < 1.29 is 14.3 Å². The molecule has 0 spiro atoms. The summed E-state index contributed by atoms with van der Waals surface area (Å²) in [6, 6.07) is 16.8. The average Bonchev–Trinajstić information content (AvgIpc) is 3.18. The highest BCUT2D eigenvalue weighted by atomic mass is 16.5. The van der Waals surface area contributed by atoms with E-state index in [9.17, 15) is 4.79 Å². The number of nitrogens with one attached hydrogen (secondary N) is 1. The normalized spacial score (nSPS) is 10.8. The fourth-order valence-corrected chi connectivity index (χ4v) is 3.03. The number of benzene rings is 2. The van der Waals surface area contributed by atoms with Crippen molar-refractivity contribution in [2.75, 3.05) is 7.11 Å². The summed E-state index contributed by atoms with van der Waals surface area (Å²) < 4.78 is 12.7. The first-order valence-electron chi connectivity index (χ1n) is 9.42. The van der Waals surface area contributed by atoms with Gasteiger partial charge in [0.15, 0.2) is 11.5 Å². The van der Waals surface area contributed by atoms with E-state index in [1.54, 1.807) is 11.6 Å². The van der Waals surface area contributed by atoms with Crippen LogP contribution in [0.5, 0.6) is 17.2 Å². The number of methoxy groups -OCH3 is 1. The van der Waals surface area contributed by atoms with E-state index in [0.717, 1.165) is 17.0 Å². The number of carbonyl (C=O) groups is 1. The third-order valence-electron chi connectivity index (χ3n) is 4.49. The predicted molar refractivity (Wildman–Crippen MR) is 111 cm³/mol. The Morgan fingerprint density at radius 2 is 1.77 bits per heavy atom. The third kappa shape index (κ3) is 4.07. The zero-order valence-corrected chi connectivity index (χ0v) is 16.9. The molecule has 0 aliphatic carbocycles. The molecule has 8 heteroatoms. The number of amides is 1. The molecule has 2 aromatic carbocycles. The molecule has 0 unspecified atom stereocenters. The fourth-order valence-electron chi connectivity index (χ4n) is 3.03. The zero-order chi connectivity index (χ0) is 21.1. The van der Waals surface area contributed by atoms with E-state index in [0.29, 0.717) is 29.6 Å². The molecule has 152 valence electrons. The minimum Gasteiger partial charge on any atom is -0.493 e. The number of nitrogens with zero attached hydrogens (tertiary/aromatic N) is 4. The maximum absolute atomic E-state index is 12.4. The zero-order valence-electron chi connectivity index (χ0n) is 16.9. The molecule has 0 saturated heterocycles. The topological polar surface area (TPSA) is 90.6 Å². The van der Waals surface area contributed by atoms with Gasteiger partial charge >= 0.3 is 0 Å². The Kier molecular flexibility index (Phi) is 5.30. The molecule has 4 aromatic rings. The SMILES string of the molecule is COc1ccccc1Oc1ccc(CNC(=O)c2nc3nc(C)cc(C)n3n2)cc1. The molecular weight excluding hydrogens is 382 g/mol. The predicted octanol–water partition coefficient (Wildman–Crippen LogP) is 3.47. The Hall–Kier alpha value is -3.94. The van der Waals surface area contributed by atoms with E-state index in [1.165, 1.54) is 0 Å². The maximum atomic E-state index is 12.4. The minimum atomic E-state index is -0.355. The van der Waals surface area contributed by atoms with Gasteiger partial charge in [-0.05, 0) is 49.7 Å². The van der Waals surface area contributed by atoms with Crippen LogP contribution >= 0.6 is 0 Å². The van der Waals surface area contributed by atoms with Gasteiger partial charge in [0.1, 0.15) is 5.75 Å². The standard InChI is InChI=1S/C22H21N5O3/c1-14-12-15(2)27-22(24-14)25-20(26-27)21(28)23-13-16-8-10-17(11-9-16)30-19-7-5-4-6-18(19)29-3/h4-12H,13H2,1-3H3,(H,23,28). The van der Waals surface area contributed by atoms with E-state index < -0.39 is 0 Å². The summed E-state index contributed by atoms with van der Waals surface area (Å²) in [6.07, 6.45) is 0. The van der Waals surface area contributed by atoms with Crippen LogP contribution in [0.4, 0.5) is 0 Å². The van der Waals surface area contributed by atoms with E-state index in [2.05, 4.69) is 20.4 Å². The van der Waals surface area contributed by atoms with Crippen molar-refractivity contribution in [1.82, 2.24) is 24.9 Å². The van der Waals surface area contributed by atoms with Crippen LogP contribution in [0.15, 0.2) is 54.6 Å². The Morgan fingerprint density at radius 1 is 1.03 bits per heavy atom. The Labute approximate surface area is 173 Å². The molecule has 0 aliphatic rings. The lowest BCUT2D eigenvalue weighted by Gasteiger charge is -2.10. The Bertz CT molecular complexity index is 1200. The van der Waals surface area contributed by atoms with Crippen molar-refractivity contribution in [2.24, 2.45) is 0 Å². The van der Waals surface area contributed by atoms with Gasteiger partial charge in [0.2, 0.25) is 5.82 Å². The highest BCUT2D eigenvalue weighted by Crippen LogP contribution is 2.30. The number of ether oxygens (including phenoxy) is 2. The van der Waals surface area contributed by atoms with E-state index in [4.69, 9.17) is 9.47 Å². The smallest absolute Gasteiger partial charge is 0.291 e. The molecule has 1 N–H and O–H groups in total. The van der Waals surface area contributed by atoms with Crippen molar-refractivity contribution in [1.29, 1.82) is 0 Å². The molecule has 1 amide bonds. The second-order valence-corrected chi connectivity index (χ2v) is 6.77. The van der Waals surface area contributed by atoms with Crippen LogP contribution in [0.2, 0.25) is 0 Å². The molecule has 2 heterocycles. The van der Waals surface area contributed by atoms with Crippen molar-refractivity contribution in [2.45, 2.75) is 20.4 Å².